The van der Waals surface area contributed by atoms with Crippen LogP contribution in [0.15, 0.2) is 0 Å². The molecule has 3 heteroatoms. The normalized spacial score (nSPS) is 10.9. The van der Waals surface area contributed by atoms with Crippen molar-refractivity contribution in [2.45, 2.75) is 214 Å². The second-order valence-electron chi connectivity index (χ2n) is 12.1. The van der Waals surface area contributed by atoms with Gasteiger partial charge in [0, 0.05) is 19.6 Å². The molecule has 0 aromatic rings. The molecule has 0 aromatic heterocycles. The molecule has 242 valence electrons. The minimum Gasteiger partial charge on any atom is -0.466 e. The molecule has 0 spiro atoms. The van der Waals surface area contributed by atoms with Crippen molar-refractivity contribution < 1.29 is 14.3 Å². The van der Waals surface area contributed by atoms with Crippen LogP contribution in [0.25, 0.3) is 0 Å². The number of unbranched alkanes of at least 4 members (excludes halogenated alkanes) is 24. The maximum atomic E-state index is 11.8. The first-order chi connectivity index (χ1) is 19.7. The zero-order valence-electron chi connectivity index (χ0n) is 28.4. The molecule has 0 atom stereocenters. The first-order valence-corrected chi connectivity index (χ1v) is 18.5. The van der Waals surface area contributed by atoms with Crippen LogP contribution in [-0.4, -0.2) is 25.8 Å². The number of carbonyl (C=O) groups is 1. The molecule has 0 amide bonds. The molecule has 0 aliphatic heterocycles. The Hall–Kier alpha value is -0.570. The SMILES string of the molecule is CCCCCCCCCCCCCCCCCC(=O)OCCCCCCCCCCC.CCCCOCCCC. The van der Waals surface area contributed by atoms with Gasteiger partial charge in [-0.05, 0) is 25.7 Å². The Morgan fingerprint density at radius 3 is 1.00 bits per heavy atom. The third kappa shape index (κ3) is 41.9. The Morgan fingerprint density at radius 1 is 0.350 bits per heavy atom. The molecule has 40 heavy (non-hydrogen) atoms. The van der Waals surface area contributed by atoms with Crippen LogP contribution in [0.5, 0.6) is 0 Å². The summed E-state index contributed by atoms with van der Waals surface area (Å²) >= 11 is 0. The van der Waals surface area contributed by atoms with Gasteiger partial charge in [-0.2, -0.15) is 0 Å². The molecular formula is C37H76O3. The van der Waals surface area contributed by atoms with E-state index in [9.17, 15) is 4.79 Å². The maximum absolute atomic E-state index is 11.8. The largest absolute Gasteiger partial charge is 0.466 e. The number of esters is 1. The summed E-state index contributed by atoms with van der Waals surface area (Å²) in [6, 6.07) is 0. The summed E-state index contributed by atoms with van der Waals surface area (Å²) in [4.78, 5) is 11.8. The quantitative estimate of drug-likeness (QED) is 0.0598. The first kappa shape index (κ1) is 41.6. The van der Waals surface area contributed by atoms with Crippen molar-refractivity contribution in [3.05, 3.63) is 0 Å². The van der Waals surface area contributed by atoms with Gasteiger partial charge in [0.05, 0.1) is 6.61 Å². The summed E-state index contributed by atoms with van der Waals surface area (Å²) in [7, 11) is 0. The minimum absolute atomic E-state index is 0.0225. The summed E-state index contributed by atoms with van der Waals surface area (Å²) in [5, 5.41) is 0. The van der Waals surface area contributed by atoms with E-state index in [1.165, 1.54) is 167 Å². The smallest absolute Gasteiger partial charge is 0.305 e. The fourth-order valence-corrected chi connectivity index (χ4v) is 4.91. The number of rotatable bonds is 32. The van der Waals surface area contributed by atoms with Gasteiger partial charge >= 0.3 is 5.97 Å². The Bertz CT molecular complexity index is 431. The van der Waals surface area contributed by atoms with Crippen molar-refractivity contribution in [2.75, 3.05) is 19.8 Å². The van der Waals surface area contributed by atoms with Crippen LogP contribution in [0.1, 0.15) is 214 Å². The molecule has 0 heterocycles. The Morgan fingerprint density at radius 2 is 0.650 bits per heavy atom. The van der Waals surface area contributed by atoms with E-state index < -0.39 is 0 Å². The fourth-order valence-electron chi connectivity index (χ4n) is 4.91. The van der Waals surface area contributed by atoms with Crippen LogP contribution in [-0.2, 0) is 14.3 Å². The van der Waals surface area contributed by atoms with Crippen LogP contribution in [0.2, 0.25) is 0 Å². The number of ether oxygens (including phenoxy) is 2. The Balaban J connectivity index is 0. The van der Waals surface area contributed by atoms with E-state index in [0.29, 0.717) is 13.0 Å². The Kier molecular flexibility index (Phi) is 42.2. The van der Waals surface area contributed by atoms with E-state index in [4.69, 9.17) is 9.47 Å². The summed E-state index contributed by atoms with van der Waals surface area (Å²) in [5.74, 6) is 0.0225. The van der Waals surface area contributed by atoms with Gasteiger partial charge in [-0.1, -0.05) is 182 Å². The first-order valence-electron chi connectivity index (χ1n) is 18.5. The molecule has 0 fully saturated rings. The number of hydrogen-bond donors (Lipinski definition) is 0. The molecule has 0 aliphatic rings. The van der Waals surface area contributed by atoms with Crippen LogP contribution >= 0.6 is 0 Å². The summed E-state index contributed by atoms with van der Waals surface area (Å²) in [6.07, 6.45) is 37.7. The van der Waals surface area contributed by atoms with Crippen LogP contribution in [0.4, 0.5) is 0 Å². The second kappa shape index (κ2) is 40.6. The Labute approximate surface area is 253 Å². The van der Waals surface area contributed by atoms with E-state index in [2.05, 4.69) is 27.7 Å². The zero-order valence-corrected chi connectivity index (χ0v) is 28.4. The van der Waals surface area contributed by atoms with Crippen molar-refractivity contribution in [1.29, 1.82) is 0 Å². The summed E-state index contributed by atoms with van der Waals surface area (Å²) < 4.78 is 10.7. The van der Waals surface area contributed by atoms with Crippen LogP contribution < -0.4 is 0 Å². The van der Waals surface area contributed by atoms with Crippen molar-refractivity contribution in [3.63, 3.8) is 0 Å². The molecule has 0 unspecified atom stereocenters. The lowest BCUT2D eigenvalue weighted by Gasteiger charge is -2.06. The minimum atomic E-state index is 0.0225. The number of hydrogen-bond acceptors (Lipinski definition) is 3. The summed E-state index contributed by atoms with van der Waals surface area (Å²) in [6.45, 7) is 11.5. The lowest BCUT2D eigenvalue weighted by Crippen LogP contribution is -2.05. The van der Waals surface area contributed by atoms with E-state index in [0.717, 1.165) is 26.1 Å². The van der Waals surface area contributed by atoms with Gasteiger partial charge in [0.2, 0.25) is 0 Å². The second-order valence-corrected chi connectivity index (χ2v) is 12.1. The number of carbonyl (C=O) groups excluding carboxylic acids is 1. The van der Waals surface area contributed by atoms with Gasteiger partial charge in [0.15, 0.2) is 0 Å². The third-order valence-corrected chi connectivity index (χ3v) is 7.78. The molecule has 0 rings (SSSR count). The predicted octanol–water partition coefficient (Wildman–Crippen LogP) is 12.9. The lowest BCUT2D eigenvalue weighted by molar-refractivity contribution is -0.143. The van der Waals surface area contributed by atoms with Crippen molar-refractivity contribution >= 4 is 5.97 Å². The zero-order chi connectivity index (χ0) is 29.6. The molecule has 0 saturated carbocycles. The van der Waals surface area contributed by atoms with Gasteiger partial charge in [0.1, 0.15) is 0 Å². The van der Waals surface area contributed by atoms with Gasteiger partial charge in [-0.3, -0.25) is 4.79 Å². The van der Waals surface area contributed by atoms with Gasteiger partial charge in [0.25, 0.3) is 0 Å². The summed E-state index contributed by atoms with van der Waals surface area (Å²) in [5.41, 5.74) is 0. The lowest BCUT2D eigenvalue weighted by atomic mass is 10.0. The molecular weight excluding hydrogens is 492 g/mol. The highest BCUT2D eigenvalue weighted by Crippen LogP contribution is 2.14. The van der Waals surface area contributed by atoms with Crippen molar-refractivity contribution in [3.8, 4) is 0 Å². The molecule has 0 saturated heterocycles. The monoisotopic (exact) mass is 569 g/mol. The van der Waals surface area contributed by atoms with Crippen molar-refractivity contribution in [1.82, 2.24) is 0 Å². The highest BCUT2D eigenvalue weighted by atomic mass is 16.5. The molecule has 0 aromatic carbocycles. The van der Waals surface area contributed by atoms with Crippen LogP contribution in [0.3, 0.4) is 0 Å². The fraction of sp³-hybridized carbons (Fsp3) is 0.973. The van der Waals surface area contributed by atoms with Gasteiger partial charge in [-0.15, -0.1) is 0 Å². The molecule has 0 radical (unpaired) electrons. The van der Waals surface area contributed by atoms with E-state index >= 15 is 0 Å². The van der Waals surface area contributed by atoms with Gasteiger partial charge in [-0.25, -0.2) is 0 Å². The van der Waals surface area contributed by atoms with E-state index in [-0.39, 0.29) is 5.97 Å². The average molecular weight is 569 g/mol. The topological polar surface area (TPSA) is 35.5 Å². The molecule has 0 N–H and O–H groups in total. The van der Waals surface area contributed by atoms with Gasteiger partial charge < -0.3 is 9.47 Å². The van der Waals surface area contributed by atoms with E-state index in [1.807, 2.05) is 0 Å². The van der Waals surface area contributed by atoms with E-state index in [1.54, 1.807) is 0 Å². The molecule has 0 bridgehead atoms. The highest BCUT2D eigenvalue weighted by Gasteiger charge is 2.02. The van der Waals surface area contributed by atoms with Crippen LogP contribution in [0, 0.1) is 0 Å². The highest BCUT2D eigenvalue weighted by molar-refractivity contribution is 5.69. The molecule has 3 nitrogen and oxygen atoms in total. The average Bonchev–Trinajstić information content (AvgIpc) is 2.96. The van der Waals surface area contributed by atoms with Crippen molar-refractivity contribution in [2.24, 2.45) is 0 Å². The predicted molar refractivity (Wildman–Crippen MR) is 178 cm³/mol. The standard InChI is InChI=1S/C29H58O2.C8H18O/c1-3-5-7-9-11-13-14-15-16-17-18-19-21-23-25-27-29(30)31-28-26-24-22-20-12-10-8-6-4-2;1-3-5-7-9-8-6-4-2/h3-28H2,1-2H3;3-8H2,1-2H3. The third-order valence-electron chi connectivity index (χ3n) is 7.78. The maximum Gasteiger partial charge on any atom is 0.305 e. The molecule has 0 aliphatic carbocycles.